The number of hydrogen-bond acceptors (Lipinski definition) is 3. The standard InChI is InChI=1S/C10H17IO3/c1-7(6-11)8(12)5-9(13)14-10(2,3)4/h6,8,12H,5H2,1-4H3/b7-6+/t8-/m1/s1. The Morgan fingerprint density at radius 2 is 2.07 bits per heavy atom. The molecule has 0 unspecified atom stereocenters. The first-order chi connectivity index (χ1) is 6.26. The molecule has 0 bridgehead atoms. The van der Waals surface area contributed by atoms with Gasteiger partial charge in [0.2, 0.25) is 0 Å². The van der Waals surface area contributed by atoms with E-state index in [9.17, 15) is 9.90 Å². The molecule has 0 aliphatic carbocycles. The number of aliphatic hydroxyl groups excluding tert-OH is 1. The number of aliphatic hydroxyl groups is 1. The van der Waals surface area contributed by atoms with Crippen molar-refractivity contribution in [2.75, 3.05) is 0 Å². The third-order valence-corrected chi connectivity index (χ3v) is 2.46. The van der Waals surface area contributed by atoms with Crippen molar-refractivity contribution in [3.05, 3.63) is 9.66 Å². The van der Waals surface area contributed by atoms with E-state index in [0.717, 1.165) is 5.57 Å². The summed E-state index contributed by atoms with van der Waals surface area (Å²) in [5, 5.41) is 9.51. The molecule has 0 aliphatic rings. The third-order valence-electron chi connectivity index (χ3n) is 1.48. The molecule has 0 saturated heterocycles. The molecule has 1 atom stereocenters. The number of esters is 1. The summed E-state index contributed by atoms with van der Waals surface area (Å²) in [6.45, 7) is 7.19. The topological polar surface area (TPSA) is 46.5 Å². The second kappa shape index (κ2) is 5.70. The van der Waals surface area contributed by atoms with Crippen LogP contribution in [0.3, 0.4) is 0 Å². The predicted molar refractivity (Wildman–Crippen MR) is 64.2 cm³/mol. The van der Waals surface area contributed by atoms with Gasteiger partial charge in [0.1, 0.15) is 5.60 Å². The first kappa shape index (κ1) is 13.9. The lowest BCUT2D eigenvalue weighted by molar-refractivity contribution is -0.156. The molecule has 0 aliphatic heterocycles. The molecular weight excluding hydrogens is 295 g/mol. The summed E-state index contributed by atoms with van der Waals surface area (Å²) in [5.74, 6) is -0.373. The van der Waals surface area contributed by atoms with Crippen LogP contribution in [0.5, 0.6) is 0 Å². The van der Waals surface area contributed by atoms with Gasteiger partial charge in [0.05, 0.1) is 12.5 Å². The Morgan fingerprint density at radius 3 is 2.43 bits per heavy atom. The summed E-state index contributed by atoms with van der Waals surface area (Å²) in [4.78, 5) is 11.3. The third kappa shape index (κ3) is 6.37. The maximum absolute atomic E-state index is 11.3. The summed E-state index contributed by atoms with van der Waals surface area (Å²) in [5.41, 5.74) is 0.287. The Labute approximate surface area is 98.7 Å². The van der Waals surface area contributed by atoms with Gasteiger partial charge in [-0.1, -0.05) is 22.6 Å². The van der Waals surface area contributed by atoms with Gasteiger partial charge >= 0.3 is 5.97 Å². The van der Waals surface area contributed by atoms with Crippen LogP contribution in [-0.4, -0.2) is 22.8 Å². The number of halogens is 1. The van der Waals surface area contributed by atoms with E-state index in [1.54, 1.807) is 31.8 Å². The summed E-state index contributed by atoms with van der Waals surface area (Å²) in [6.07, 6.45) is -0.718. The highest BCUT2D eigenvalue weighted by molar-refractivity contribution is 14.1. The number of ether oxygens (including phenoxy) is 1. The van der Waals surface area contributed by atoms with Gasteiger partial charge in [-0.3, -0.25) is 4.79 Å². The summed E-state index contributed by atoms with van der Waals surface area (Å²) >= 11 is 2.03. The van der Waals surface area contributed by atoms with Gasteiger partial charge < -0.3 is 9.84 Å². The SMILES string of the molecule is C/C(=C\I)[C@H](O)CC(=O)OC(C)(C)C. The number of carbonyl (C=O) groups is 1. The lowest BCUT2D eigenvalue weighted by Crippen LogP contribution is -2.26. The molecule has 0 aromatic carbocycles. The monoisotopic (exact) mass is 312 g/mol. The molecule has 0 aromatic rings. The van der Waals surface area contributed by atoms with E-state index in [2.05, 4.69) is 0 Å². The van der Waals surface area contributed by atoms with E-state index in [1.807, 2.05) is 22.6 Å². The van der Waals surface area contributed by atoms with Crippen molar-refractivity contribution in [3.63, 3.8) is 0 Å². The van der Waals surface area contributed by atoms with Crippen LogP contribution in [0, 0.1) is 0 Å². The van der Waals surface area contributed by atoms with Crippen LogP contribution < -0.4 is 0 Å². The Balaban J connectivity index is 4.08. The largest absolute Gasteiger partial charge is 0.460 e. The molecule has 0 amide bonds. The zero-order valence-electron chi connectivity index (χ0n) is 9.00. The van der Waals surface area contributed by atoms with Crippen molar-refractivity contribution in [2.24, 2.45) is 0 Å². The number of hydrogen-bond donors (Lipinski definition) is 1. The zero-order chi connectivity index (χ0) is 11.4. The molecule has 0 saturated carbocycles. The second-order valence-corrected chi connectivity index (χ2v) is 4.78. The van der Waals surface area contributed by atoms with E-state index in [-0.39, 0.29) is 12.4 Å². The highest BCUT2D eigenvalue weighted by Crippen LogP contribution is 2.13. The minimum atomic E-state index is -0.734. The van der Waals surface area contributed by atoms with Crippen LogP contribution in [0.4, 0.5) is 0 Å². The Bertz CT molecular complexity index is 228. The molecule has 82 valence electrons. The molecule has 0 aromatic heterocycles. The maximum Gasteiger partial charge on any atom is 0.309 e. The molecule has 0 fully saturated rings. The lowest BCUT2D eigenvalue weighted by Gasteiger charge is -2.20. The van der Waals surface area contributed by atoms with Crippen molar-refractivity contribution in [2.45, 2.75) is 45.8 Å². The smallest absolute Gasteiger partial charge is 0.309 e. The molecule has 0 radical (unpaired) electrons. The molecule has 14 heavy (non-hydrogen) atoms. The molecular formula is C10H17IO3. The summed E-state index contributed by atoms with van der Waals surface area (Å²) in [6, 6.07) is 0. The predicted octanol–water partition coefficient (Wildman–Crippen LogP) is 2.42. The van der Waals surface area contributed by atoms with Crippen molar-refractivity contribution >= 4 is 28.6 Å². The zero-order valence-corrected chi connectivity index (χ0v) is 11.2. The normalized spacial score (nSPS) is 15.1. The van der Waals surface area contributed by atoms with Crippen molar-refractivity contribution in [1.82, 2.24) is 0 Å². The molecule has 3 nitrogen and oxygen atoms in total. The quantitative estimate of drug-likeness (QED) is 0.643. The lowest BCUT2D eigenvalue weighted by atomic mass is 10.1. The second-order valence-electron chi connectivity index (χ2n) is 4.16. The average Bonchev–Trinajstić information content (AvgIpc) is 1.99. The minimum Gasteiger partial charge on any atom is -0.460 e. The van der Waals surface area contributed by atoms with Crippen LogP contribution in [0.25, 0.3) is 0 Å². The van der Waals surface area contributed by atoms with Gasteiger partial charge in [0, 0.05) is 0 Å². The molecule has 0 heterocycles. The fourth-order valence-corrected chi connectivity index (χ4v) is 1.19. The Morgan fingerprint density at radius 1 is 1.57 bits per heavy atom. The molecule has 4 heteroatoms. The average molecular weight is 312 g/mol. The van der Waals surface area contributed by atoms with Gasteiger partial charge in [0.15, 0.2) is 0 Å². The van der Waals surface area contributed by atoms with Gasteiger partial charge in [-0.05, 0) is 37.4 Å². The highest BCUT2D eigenvalue weighted by Gasteiger charge is 2.19. The first-order valence-electron chi connectivity index (χ1n) is 4.43. The van der Waals surface area contributed by atoms with Crippen LogP contribution in [0.2, 0.25) is 0 Å². The summed E-state index contributed by atoms with van der Waals surface area (Å²) in [7, 11) is 0. The van der Waals surface area contributed by atoms with Crippen LogP contribution >= 0.6 is 22.6 Å². The van der Waals surface area contributed by atoms with Crippen molar-refractivity contribution < 1.29 is 14.6 Å². The van der Waals surface area contributed by atoms with Crippen LogP contribution in [0.1, 0.15) is 34.1 Å². The van der Waals surface area contributed by atoms with Gasteiger partial charge in [0.25, 0.3) is 0 Å². The fraction of sp³-hybridized carbons (Fsp3) is 0.700. The maximum atomic E-state index is 11.3. The van der Waals surface area contributed by atoms with Gasteiger partial charge in [-0.25, -0.2) is 0 Å². The minimum absolute atomic E-state index is 0.0165. The van der Waals surface area contributed by atoms with E-state index in [4.69, 9.17) is 4.74 Å². The van der Waals surface area contributed by atoms with Crippen molar-refractivity contribution in [3.8, 4) is 0 Å². The van der Waals surface area contributed by atoms with Gasteiger partial charge in [-0.15, -0.1) is 0 Å². The molecule has 0 rings (SSSR count). The van der Waals surface area contributed by atoms with E-state index in [0.29, 0.717) is 0 Å². The number of rotatable bonds is 3. The van der Waals surface area contributed by atoms with Crippen LogP contribution in [-0.2, 0) is 9.53 Å². The summed E-state index contributed by atoms with van der Waals surface area (Å²) < 4.78 is 6.83. The Hall–Kier alpha value is -0.100. The molecule has 0 spiro atoms. The highest BCUT2D eigenvalue weighted by atomic mass is 127. The van der Waals surface area contributed by atoms with E-state index >= 15 is 0 Å². The fourth-order valence-electron chi connectivity index (χ4n) is 0.775. The van der Waals surface area contributed by atoms with E-state index in [1.165, 1.54) is 0 Å². The number of carbonyl (C=O) groups excluding carboxylic acids is 1. The van der Waals surface area contributed by atoms with Crippen molar-refractivity contribution in [1.29, 1.82) is 0 Å². The van der Waals surface area contributed by atoms with Gasteiger partial charge in [-0.2, -0.15) is 0 Å². The Kier molecular flexibility index (Phi) is 5.66. The van der Waals surface area contributed by atoms with E-state index < -0.39 is 11.7 Å². The first-order valence-corrected chi connectivity index (χ1v) is 5.67. The molecule has 1 N–H and O–H groups in total. The van der Waals surface area contributed by atoms with Crippen LogP contribution in [0.15, 0.2) is 9.66 Å².